The Hall–Kier alpha value is -2.94. The Bertz CT molecular complexity index is 750. The van der Waals surface area contributed by atoms with E-state index in [9.17, 15) is 0 Å². The second-order valence-corrected chi connectivity index (χ2v) is 3.74. The van der Waals surface area contributed by atoms with Crippen LogP contribution in [0.4, 0.5) is 5.82 Å². The molecule has 0 saturated carbocycles. The number of hydrogen-bond acceptors (Lipinski definition) is 5. The first-order chi connectivity index (χ1) is 8.76. The number of fused-ring (bicyclic) bond motifs is 1. The van der Waals surface area contributed by atoms with Gasteiger partial charge in [-0.2, -0.15) is 5.26 Å². The molecule has 0 spiro atoms. The van der Waals surface area contributed by atoms with Gasteiger partial charge in [-0.05, 0) is 24.3 Å². The zero-order valence-electron chi connectivity index (χ0n) is 9.25. The maximum absolute atomic E-state index is 8.71. The molecule has 0 amide bonds. The smallest absolute Gasteiger partial charge is 0.180 e. The first-order valence-corrected chi connectivity index (χ1v) is 5.25. The van der Waals surface area contributed by atoms with E-state index in [4.69, 9.17) is 11.0 Å². The van der Waals surface area contributed by atoms with Crippen molar-refractivity contribution in [1.29, 1.82) is 5.26 Å². The predicted octanol–water partition coefficient (Wildman–Crippen LogP) is 1.47. The average molecular weight is 236 g/mol. The van der Waals surface area contributed by atoms with E-state index in [1.165, 1.54) is 6.20 Å². The monoisotopic (exact) mass is 236 g/mol. The van der Waals surface area contributed by atoms with Crippen LogP contribution in [-0.2, 0) is 0 Å². The zero-order valence-corrected chi connectivity index (χ0v) is 9.25. The molecule has 0 atom stereocenters. The van der Waals surface area contributed by atoms with E-state index >= 15 is 0 Å². The van der Waals surface area contributed by atoms with Gasteiger partial charge < -0.3 is 10.7 Å². The molecule has 0 aliphatic carbocycles. The lowest BCUT2D eigenvalue weighted by Crippen LogP contribution is -1.88. The molecule has 3 N–H and O–H groups in total. The molecule has 0 aromatic carbocycles. The minimum absolute atomic E-state index is 0.424. The van der Waals surface area contributed by atoms with Crippen LogP contribution in [0.2, 0.25) is 0 Å². The van der Waals surface area contributed by atoms with Crippen molar-refractivity contribution in [1.82, 2.24) is 19.9 Å². The molecule has 0 aliphatic rings. The highest BCUT2D eigenvalue weighted by Crippen LogP contribution is 2.18. The third-order valence-corrected chi connectivity index (χ3v) is 2.50. The van der Waals surface area contributed by atoms with Crippen molar-refractivity contribution >= 4 is 17.0 Å². The number of aromatic amines is 1. The van der Waals surface area contributed by atoms with Gasteiger partial charge in [0.25, 0.3) is 0 Å². The van der Waals surface area contributed by atoms with Crippen molar-refractivity contribution in [3.05, 3.63) is 36.0 Å². The van der Waals surface area contributed by atoms with Gasteiger partial charge in [0.2, 0.25) is 0 Å². The topological polar surface area (TPSA) is 104 Å². The van der Waals surface area contributed by atoms with Gasteiger partial charge in [0.15, 0.2) is 11.5 Å². The number of imidazole rings is 1. The summed E-state index contributed by atoms with van der Waals surface area (Å²) in [6.45, 7) is 0. The van der Waals surface area contributed by atoms with E-state index in [-0.39, 0.29) is 0 Å². The number of nitriles is 1. The summed E-state index contributed by atoms with van der Waals surface area (Å²) in [6, 6.07) is 8.97. The zero-order chi connectivity index (χ0) is 12.5. The van der Waals surface area contributed by atoms with E-state index in [1.54, 1.807) is 18.2 Å². The molecule has 0 saturated heterocycles. The molecule has 3 aromatic rings. The van der Waals surface area contributed by atoms with Gasteiger partial charge in [-0.15, -0.1) is 0 Å². The molecule has 0 unspecified atom stereocenters. The van der Waals surface area contributed by atoms with Crippen LogP contribution in [0.25, 0.3) is 22.7 Å². The minimum atomic E-state index is 0.424. The average Bonchev–Trinajstić information content (AvgIpc) is 2.81. The third-order valence-electron chi connectivity index (χ3n) is 2.50. The summed E-state index contributed by atoms with van der Waals surface area (Å²) in [7, 11) is 0. The number of H-pyrrole nitrogens is 1. The van der Waals surface area contributed by atoms with Crippen molar-refractivity contribution in [2.45, 2.75) is 0 Å². The van der Waals surface area contributed by atoms with Gasteiger partial charge in [0.05, 0.1) is 11.1 Å². The minimum Gasteiger partial charge on any atom is -0.384 e. The Morgan fingerprint density at radius 2 is 2.06 bits per heavy atom. The molecule has 3 rings (SSSR count). The molecule has 86 valence electrons. The molecule has 6 heteroatoms. The number of nitrogens with zero attached hydrogens (tertiary/aromatic N) is 4. The normalized spacial score (nSPS) is 10.4. The molecule has 0 radical (unpaired) electrons. The van der Waals surface area contributed by atoms with Gasteiger partial charge in [0.1, 0.15) is 17.6 Å². The van der Waals surface area contributed by atoms with Crippen molar-refractivity contribution in [3.8, 4) is 17.6 Å². The van der Waals surface area contributed by atoms with Crippen molar-refractivity contribution in [2.24, 2.45) is 0 Å². The lowest BCUT2D eigenvalue weighted by molar-refractivity contribution is 1.22. The van der Waals surface area contributed by atoms with Crippen molar-refractivity contribution in [2.75, 3.05) is 5.73 Å². The lowest BCUT2D eigenvalue weighted by atomic mass is 10.2. The van der Waals surface area contributed by atoms with Crippen LogP contribution in [0, 0.1) is 11.3 Å². The Morgan fingerprint density at radius 3 is 2.78 bits per heavy atom. The SMILES string of the molecule is N#Cc1ccc(-c2nc3nc(N)ccc3[nH]2)nc1. The second kappa shape index (κ2) is 3.82. The van der Waals surface area contributed by atoms with Crippen LogP contribution in [0.15, 0.2) is 30.5 Å². The second-order valence-electron chi connectivity index (χ2n) is 3.74. The number of pyridine rings is 2. The number of nitrogen functional groups attached to an aromatic ring is 1. The van der Waals surface area contributed by atoms with E-state index in [0.717, 1.165) is 5.52 Å². The summed E-state index contributed by atoms with van der Waals surface area (Å²) in [5.74, 6) is 1.03. The highest BCUT2D eigenvalue weighted by atomic mass is 15.0. The number of rotatable bonds is 1. The summed E-state index contributed by atoms with van der Waals surface area (Å²) in [6.07, 6.45) is 1.50. The third kappa shape index (κ3) is 1.64. The van der Waals surface area contributed by atoms with Crippen LogP contribution in [-0.4, -0.2) is 19.9 Å². The fourth-order valence-corrected chi connectivity index (χ4v) is 1.63. The molecule has 0 fully saturated rings. The standard InChI is InChI=1S/C12H8N6/c13-5-7-1-2-8(15-6-7)11-16-9-3-4-10(14)17-12(9)18-11/h1-4,6H,(H3,14,16,17,18). The lowest BCUT2D eigenvalue weighted by Gasteiger charge is -1.94. The Labute approximate surface area is 102 Å². The Kier molecular flexibility index (Phi) is 2.17. The van der Waals surface area contributed by atoms with E-state index in [2.05, 4.69) is 19.9 Å². The van der Waals surface area contributed by atoms with Gasteiger partial charge in [-0.3, -0.25) is 4.98 Å². The summed E-state index contributed by atoms with van der Waals surface area (Å²) in [5, 5.41) is 8.71. The molecule has 3 heterocycles. The van der Waals surface area contributed by atoms with Gasteiger partial charge in [-0.1, -0.05) is 0 Å². The molecular weight excluding hydrogens is 228 g/mol. The summed E-state index contributed by atoms with van der Waals surface area (Å²) in [5.41, 5.74) is 8.11. The maximum Gasteiger partial charge on any atom is 0.180 e. The number of nitrogens with one attached hydrogen (secondary N) is 1. The number of hydrogen-bond donors (Lipinski definition) is 2. The summed E-state index contributed by atoms with van der Waals surface area (Å²) >= 11 is 0. The van der Waals surface area contributed by atoms with Gasteiger partial charge in [-0.25, -0.2) is 9.97 Å². The van der Waals surface area contributed by atoms with Crippen LogP contribution < -0.4 is 5.73 Å². The number of nitrogens with two attached hydrogens (primary N) is 1. The van der Waals surface area contributed by atoms with E-state index in [0.29, 0.717) is 28.5 Å². The first kappa shape index (κ1) is 10.2. The van der Waals surface area contributed by atoms with Crippen molar-refractivity contribution in [3.63, 3.8) is 0 Å². The molecule has 0 aliphatic heterocycles. The van der Waals surface area contributed by atoms with Crippen LogP contribution >= 0.6 is 0 Å². The predicted molar refractivity (Wildman–Crippen MR) is 66.2 cm³/mol. The maximum atomic E-state index is 8.71. The first-order valence-electron chi connectivity index (χ1n) is 5.25. The highest BCUT2D eigenvalue weighted by molar-refractivity contribution is 5.76. The van der Waals surface area contributed by atoms with Gasteiger partial charge in [0, 0.05) is 6.20 Å². The Balaban J connectivity index is 2.10. The fraction of sp³-hybridized carbons (Fsp3) is 0. The largest absolute Gasteiger partial charge is 0.384 e. The molecule has 0 bridgehead atoms. The van der Waals surface area contributed by atoms with Crippen LogP contribution in [0.5, 0.6) is 0 Å². The fourth-order valence-electron chi connectivity index (χ4n) is 1.63. The molecule has 6 nitrogen and oxygen atoms in total. The van der Waals surface area contributed by atoms with E-state index < -0.39 is 0 Å². The Morgan fingerprint density at radius 1 is 1.17 bits per heavy atom. The number of anilines is 1. The van der Waals surface area contributed by atoms with Crippen LogP contribution in [0.1, 0.15) is 5.56 Å². The molecule has 18 heavy (non-hydrogen) atoms. The highest BCUT2D eigenvalue weighted by Gasteiger charge is 2.07. The van der Waals surface area contributed by atoms with Crippen molar-refractivity contribution < 1.29 is 0 Å². The number of aromatic nitrogens is 4. The molecular formula is C12H8N6. The quantitative estimate of drug-likeness (QED) is 0.665. The summed E-state index contributed by atoms with van der Waals surface area (Å²) < 4.78 is 0. The van der Waals surface area contributed by atoms with Gasteiger partial charge >= 0.3 is 0 Å². The van der Waals surface area contributed by atoms with E-state index in [1.807, 2.05) is 12.1 Å². The summed E-state index contributed by atoms with van der Waals surface area (Å²) in [4.78, 5) is 15.7. The van der Waals surface area contributed by atoms with Crippen LogP contribution in [0.3, 0.4) is 0 Å². The molecule has 3 aromatic heterocycles.